The SMILES string of the molecule is CC(C)c1nc(C(=O)N(C)Cc2ccc(Cl)cc2Cl)n[nH]1. The van der Waals surface area contributed by atoms with Gasteiger partial charge in [0.25, 0.3) is 5.91 Å². The quantitative estimate of drug-likeness (QED) is 0.935. The van der Waals surface area contributed by atoms with E-state index in [9.17, 15) is 4.79 Å². The molecule has 1 N–H and O–H groups in total. The summed E-state index contributed by atoms with van der Waals surface area (Å²) in [6, 6.07) is 5.19. The molecule has 0 unspecified atom stereocenters. The highest BCUT2D eigenvalue weighted by atomic mass is 35.5. The van der Waals surface area contributed by atoms with E-state index < -0.39 is 0 Å². The van der Waals surface area contributed by atoms with Crippen LogP contribution >= 0.6 is 23.2 Å². The fourth-order valence-electron chi connectivity index (χ4n) is 1.78. The van der Waals surface area contributed by atoms with Gasteiger partial charge in [-0.2, -0.15) is 0 Å². The summed E-state index contributed by atoms with van der Waals surface area (Å²) >= 11 is 12.0. The zero-order valence-corrected chi connectivity index (χ0v) is 13.5. The number of aromatic nitrogens is 3. The van der Waals surface area contributed by atoms with Crippen LogP contribution in [0.1, 0.15) is 41.8 Å². The lowest BCUT2D eigenvalue weighted by molar-refractivity contribution is 0.0773. The van der Waals surface area contributed by atoms with Crippen molar-refractivity contribution in [3.05, 3.63) is 45.5 Å². The van der Waals surface area contributed by atoms with E-state index in [0.29, 0.717) is 22.4 Å². The van der Waals surface area contributed by atoms with Gasteiger partial charge in [-0.1, -0.05) is 43.1 Å². The zero-order valence-electron chi connectivity index (χ0n) is 12.0. The summed E-state index contributed by atoms with van der Waals surface area (Å²) in [6.07, 6.45) is 0. The monoisotopic (exact) mass is 326 g/mol. The number of nitrogens with one attached hydrogen (secondary N) is 1. The number of aromatic amines is 1. The number of halogens is 2. The molecule has 0 radical (unpaired) electrons. The minimum atomic E-state index is -0.260. The van der Waals surface area contributed by atoms with Gasteiger partial charge in [0.05, 0.1) is 0 Å². The number of carbonyl (C=O) groups is 1. The van der Waals surface area contributed by atoms with Crippen LogP contribution in [0.2, 0.25) is 10.0 Å². The van der Waals surface area contributed by atoms with Gasteiger partial charge in [-0.25, -0.2) is 4.98 Å². The average molecular weight is 327 g/mol. The topological polar surface area (TPSA) is 61.9 Å². The molecule has 1 amide bonds. The number of hydrogen-bond donors (Lipinski definition) is 1. The molecule has 0 bridgehead atoms. The van der Waals surface area contributed by atoms with Crippen LogP contribution in [-0.2, 0) is 6.54 Å². The third kappa shape index (κ3) is 3.74. The predicted octanol–water partition coefficient (Wildman–Crippen LogP) is 3.51. The molecule has 0 saturated heterocycles. The molecule has 0 saturated carbocycles. The van der Waals surface area contributed by atoms with Crippen LogP contribution in [0, 0.1) is 0 Å². The van der Waals surface area contributed by atoms with Crippen molar-refractivity contribution in [1.82, 2.24) is 20.1 Å². The van der Waals surface area contributed by atoms with Crippen LogP contribution in [0.4, 0.5) is 0 Å². The summed E-state index contributed by atoms with van der Waals surface area (Å²) in [5, 5.41) is 7.82. The summed E-state index contributed by atoms with van der Waals surface area (Å²) in [6.45, 7) is 4.32. The van der Waals surface area contributed by atoms with E-state index in [1.807, 2.05) is 13.8 Å². The van der Waals surface area contributed by atoms with Crippen molar-refractivity contribution in [2.24, 2.45) is 0 Å². The van der Waals surface area contributed by atoms with Crippen LogP contribution < -0.4 is 0 Å². The Bertz CT molecular complexity index is 654. The molecule has 1 aromatic carbocycles. The Morgan fingerprint density at radius 1 is 1.38 bits per heavy atom. The molecule has 2 rings (SSSR count). The van der Waals surface area contributed by atoms with Crippen molar-refractivity contribution in [3.8, 4) is 0 Å². The Labute approximate surface area is 133 Å². The van der Waals surface area contributed by atoms with Crippen molar-refractivity contribution in [2.75, 3.05) is 7.05 Å². The number of hydrogen-bond acceptors (Lipinski definition) is 3. The molecule has 7 heteroatoms. The molecule has 0 aliphatic carbocycles. The normalized spacial score (nSPS) is 11.0. The van der Waals surface area contributed by atoms with Crippen molar-refractivity contribution in [2.45, 2.75) is 26.3 Å². The van der Waals surface area contributed by atoms with Crippen molar-refractivity contribution >= 4 is 29.1 Å². The van der Waals surface area contributed by atoms with Crippen molar-refractivity contribution in [1.29, 1.82) is 0 Å². The highest BCUT2D eigenvalue weighted by molar-refractivity contribution is 6.35. The lowest BCUT2D eigenvalue weighted by Gasteiger charge is -2.16. The van der Waals surface area contributed by atoms with Gasteiger partial charge in [-0.15, -0.1) is 5.10 Å². The van der Waals surface area contributed by atoms with E-state index in [1.54, 1.807) is 25.2 Å². The largest absolute Gasteiger partial charge is 0.335 e. The number of benzene rings is 1. The number of rotatable bonds is 4. The second kappa shape index (κ2) is 6.45. The van der Waals surface area contributed by atoms with Crippen LogP contribution in [0.3, 0.4) is 0 Å². The Morgan fingerprint density at radius 3 is 2.67 bits per heavy atom. The molecule has 0 fully saturated rings. The first-order valence-corrected chi connectivity index (χ1v) is 7.25. The zero-order chi connectivity index (χ0) is 15.6. The maximum absolute atomic E-state index is 12.3. The van der Waals surface area contributed by atoms with Gasteiger partial charge in [0.2, 0.25) is 5.82 Å². The van der Waals surface area contributed by atoms with Crippen LogP contribution in [0.25, 0.3) is 0 Å². The summed E-state index contributed by atoms with van der Waals surface area (Å²) in [5.41, 5.74) is 0.816. The molecule has 2 aromatic rings. The van der Waals surface area contributed by atoms with E-state index in [-0.39, 0.29) is 17.6 Å². The molecule has 112 valence electrons. The smallest absolute Gasteiger partial charge is 0.293 e. The fourth-order valence-corrected chi connectivity index (χ4v) is 2.24. The van der Waals surface area contributed by atoms with E-state index in [1.165, 1.54) is 4.90 Å². The van der Waals surface area contributed by atoms with Crippen molar-refractivity contribution < 1.29 is 4.79 Å². The van der Waals surface area contributed by atoms with Gasteiger partial charge in [0.1, 0.15) is 5.82 Å². The highest BCUT2D eigenvalue weighted by Gasteiger charge is 2.19. The van der Waals surface area contributed by atoms with Gasteiger partial charge in [0, 0.05) is 29.6 Å². The summed E-state index contributed by atoms with van der Waals surface area (Å²) in [5.74, 6) is 0.779. The third-order valence-corrected chi connectivity index (χ3v) is 3.60. The molecule has 1 heterocycles. The van der Waals surface area contributed by atoms with Crippen LogP contribution in [0.15, 0.2) is 18.2 Å². The van der Waals surface area contributed by atoms with Gasteiger partial charge in [0.15, 0.2) is 0 Å². The van der Waals surface area contributed by atoms with E-state index in [0.717, 1.165) is 5.56 Å². The number of amides is 1. The molecule has 0 atom stereocenters. The lowest BCUT2D eigenvalue weighted by atomic mass is 10.2. The van der Waals surface area contributed by atoms with Crippen LogP contribution in [-0.4, -0.2) is 33.0 Å². The molecule has 1 aromatic heterocycles. The molecule has 0 aliphatic heterocycles. The maximum atomic E-state index is 12.3. The Kier molecular flexibility index (Phi) is 4.85. The molecule has 0 aliphatic rings. The third-order valence-electron chi connectivity index (χ3n) is 3.01. The van der Waals surface area contributed by atoms with Crippen molar-refractivity contribution in [3.63, 3.8) is 0 Å². The van der Waals surface area contributed by atoms with Gasteiger partial charge in [-0.05, 0) is 17.7 Å². The van der Waals surface area contributed by atoms with Gasteiger partial charge in [-0.3, -0.25) is 9.89 Å². The number of nitrogens with zero attached hydrogens (tertiary/aromatic N) is 3. The number of H-pyrrole nitrogens is 1. The molecule has 0 spiro atoms. The highest BCUT2D eigenvalue weighted by Crippen LogP contribution is 2.22. The second-order valence-corrected chi connectivity index (χ2v) is 5.94. The van der Waals surface area contributed by atoms with E-state index >= 15 is 0 Å². The Morgan fingerprint density at radius 2 is 2.10 bits per heavy atom. The van der Waals surface area contributed by atoms with Crippen LogP contribution in [0.5, 0.6) is 0 Å². The summed E-state index contributed by atoms with van der Waals surface area (Å²) in [4.78, 5) is 18.0. The molecular formula is C14H16Cl2N4O. The maximum Gasteiger partial charge on any atom is 0.293 e. The first-order chi connectivity index (χ1) is 9.88. The molecule has 21 heavy (non-hydrogen) atoms. The molecular weight excluding hydrogens is 311 g/mol. The minimum absolute atomic E-state index is 0.159. The van der Waals surface area contributed by atoms with E-state index in [4.69, 9.17) is 23.2 Å². The number of carbonyl (C=O) groups excluding carboxylic acids is 1. The minimum Gasteiger partial charge on any atom is -0.335 e. The standard InChI is InChI=1S/C14H16Cl2N4O/c1-8(2)12-17-13(19-18-12)14(21)20(3)7-9-4-5-10(15)6-11(9)16/h4-6,8H,7H2,1-3H3,(H,17,18,19). The molecule has 5 nitrogen and oxygen atoms in total. The Balaban J connectivity index is 2.11. The van der Waals surface area contributed by atoms with Gasteiger partial charge >= 0.3 is 0 Å². The van der Waals surface area contributed by atoms with Gasteiger partial charge < -0.3 is 4.90 Å². The summed E-state index contributed by atoms with van der Waals surface area (Å²) < 4.78 is 0. The summed E-state index contributed by atoms with van der Waals surface area (Å²) in [7, 11) is 1.68. The lowest BCUT2D eigenvalue weighted by Crippen LogP contribution is -2.27. The fraction of sp³-hybridized carbons (Fsp3) is 0.357. The Hall–Kier alpha value is -1.59. The second-order valence-electron chi connectivity index (χ2n) is 5.10. The first kappa shape index (κ1) is 15.8. The predicted molar refractivity (Wildman–Crippen MR) is 82.7 cm³/mol. The van der Waals surface area contributed by atoms with E-state index in [2.05, 4.69) is 15.2 Å². The average Bonchev–Trinajstić information content (AvgIpc) is 2.90. The first-order valence-electron chi connectivity index (χ1n) is 6.50.